The van der Waals surface area contributed by atoms with Crippen molar-refractivity contribution in [2.75, 3.05) is 7.11 Å². The van der Waals surface area contributed by atoms with Gasteiger partial charge < -0.3 is 14.6 Å². The number of aromatic nitrogens is 1. The Morgan fingerprint density at radius 3 is 2.33 bits per heavy atom. The molecular weight excluding hydrogens is 480 g/mol. The van der Waals surface area contributed by atoms with E-state index in [4.69, 9.17) is 32.7 Å². The van der Waals surface area contributed by atoms with Crippen LogP contribution < -0.4 is 14.7 Å². The highest BCUT2D eigenvalue weighted by Crippen LogP contribution is 2.39. The molecule has 4 nitrogen and oxygen atoms in total. The fraction of sp³-hybridized carbons (Fsp3) is 0.320. The quantitative estimate of drug-likeness (QED) is 0.336. The molecule has 8 heteroatoms. The molecule has 0 bridgehead atoms. The van der Waals surface area contributed by atoms with E-state index in [2.05, 4.69) is 4.98 Å². The van der Waals surface area contributed by atoms with E-state index in [1.807, 2.05) is 26.6 Å². The summed E-state index contributed by atoms with van der Waals surface area (Å²) >= 11 is 12.5. The Balaban J connectivity index is 2.20. The van der Waals surface area contributed by atoms with E-state index in [-0.39, 0.29) is 10.6 Å². The summed E-state index contributed by atoms with van der Waals surface area (Å²) in [6, 6.07) is 10.0. The van der Waals surface area contributed by atoms with Crippen molar-refractivity contribution < 1.29 is 19.0 Å². The molecule has 1 unspecified atom stereocenters. The highest BCUT2D eigenvalue weighted by Gasteiger charge is 2.32. The van der Waals surface area contributed by atoms with Gasteiger partial charge in [-0.05, 0) is 48.0 Å². The van der Waals surface area contributed by atoms with E-state index in [0.717, 1.165) is 6.42 Å². The number of halogens is 3. The van der Waals surface area contributed by atoms with Gasteiger partial charge in [-0.25, -0.2) is 4.39 Å². The molecule has 0 aliphatic heterocycles. The lowest BCUT2D eigenvalue weighted by Crippen LogP contribution is -2.42. The van der Waals surface area contributed by atoms with E-state index in [1.165, 1.54) is 13.2 Å². The molecule has 3 rings (SSSR count). The maximum absolute atomic E-state index is 15.9. The van der Waals surface area contributed by atoms with Gasteiger partial charge in [-0.3, -0.25) is 4.98 Å². The van der Waals surface area contributed by atoms with Crippen LogP contribution in [-0.2, 0) is 6.42 Å². The lowest BCUT2D eigenvalue weighted by atomic mass is 9.96. The van der Waals surface area contributed by atoms with Gasteiger partial charge in [-0.1, -0.05) is 56.2 Å². The van der Waals surface area contributed by atoms with Gasteiger partial charge in [0.25, 0.3) is 0 Å². The van der Waals surface area contributed by atoms with Crippen molar-refractivity contribution in [1.82, 2.24) is 4.98 Å². The second-order valence-corrected chi connectivity index (χ2v) is 14.6. The van der Waals surface area contributed by atoms with E-state index >= 15 is 4.39 Å². The molecule has 176 valence electrons. The van der Waals surface area contributed by atoms with E-state index in [9.17, 15) is 5.11 Å². The van der Waals surface area contributed by atoms with Gasteiger partial charge in [-0.15, -0.1) is 0 Å². The summed E-state index contributed by atoms with van der Waals surface area (Å²) in [5, 5.41) is 12.8. The predicted molar refractivity (Wildman–Crippen MR) is 135 cm³/mol. The zero-order valence-corrected chi connectivity index (χ0v) is 21.9. The van der Waals surface area contributed by atoms with Crippen molar-refractivity contribution in [1.29, 1.82) is 0 Å². The topological polar surface area (TPSA) is 51.6 Å². The van der Waals surface area contributed by atoms with Crippen molar-refractivity contribution in [3.8, 4) is 17.2 Å². The smallest absolute Gasteiger partial charge is 0.137 e. The number of nitrogens with zero attached hydrogens (tertiary/aromatic N) is 1. The first-order valence-corrected chi connectivity index (χ1v) is 15.0. The number of hydrogen-bond acceptors (Lipinski definition) is 4. The van der Waals surface area contributed by atoms with Crippen LogP contribution in [-0.4, -0.2) is 25.3 Å². The lowest BCUT2D eigenvalue weighted by Gasteiger charge is -2.25. The molecule has 1 heterocycles. The zero-order valence-electron chi connectivity index (χ0n) is 19.4. The number of hydrogen-bond donors (Lipinski definition) is 1. The number of rotatable bonds is 8. The summed E-state index contributed by atoms with van der Waals surface area (Å²) in [6.45, 7) is 8.00. The first-order chi connectivity index (χ1) is 15.6. The maximum Gasteiger partial charge on any atom is 0.137 e. The molecule has 0 fully saturated rings. The number of pyridine rings is 1. The minimum Gasteiger partial charge on any atom is -0.495 e. The summed E-state index contributed by atoms with van der Waals surface area (Å²) in [7, 11) is -0.737. The van der Waals surface area contributed by atoms with Gasteiger partial charge >= 0.3 is 0 Å². The van der Waals surface area contributed by atoms with Crippen LogP contribution in [0.1, 0.15) is 36.3 Å². The van der Waals surface area contributed by atoms with Crippen LogP contribution in [0.15, 0.2) is 42.6 Å². The highest BCUT2D eigenvalue weighted by atomic mass is 35.5. The summed E-state index contributed by atoms with van der Waals surface area (Å²) in [4.78, 5) is 4.46. The third kappa shape index (κ3) is 5.52. The third-order valence-electron chi connectivity index (χ3n) is 5.29. The Kier molecular flexibility index (Phi) is 8.06. The van der Waals surface area contributed by atoms with Gasteiger partial charge in [0.15, 0.2) is 0 Å². The van der Waals surface area contributed by atoms with Crippen LogP contribution in [0.5, 0.6) is 17.2 Å². The van der Waals surface area contributed by atoms with Crippen LogP contribution in [0.3, 0.4) is 0 Å². The van der Waals surface area contributed by atoms with Gasteiger partial charge in [0.2, 0.25) is 0 Å². The molecule has 0 spiro atoms. The number of aliphatic hydroxyl groups excluding tert-OH is 1. The standard InChI is InChI=1S/C25H28Cl2FNO3Si/c1-6-7-18-21(19(12-13-29-18)32-16-10-8-15(26)9-11-16)24(30)17-14-20(31-2)22(27)25(23(17)28)33(3,4)5/h8-14,24,30H,6-7H2,1-5H3. The molecule has 1 N–H and O–H groups in total. The fourth-order valence-corrected chi connectivity index (χ4v) is 6.51. The van der Waals surface area contributed by atoms with Gasteiger partial charge in [-0.2, -0.15) is 0 Å². The number of ether oxygens (including phenoxy) is 2. The van der Waals surface area contributed by atoms with Gasteiger partial charge in [0, 0.05) is 22.3 Å². The van der Waals surface area contributed by atoms with Crippen molar-refractivity contribution in [3.63, 3.8) is 0 Å². The Morgan fingerprint density at radius 1 is 1.09 bits per heavy atom. The predicted octanol–water partition coefficient (Wildman–Crippen LogP) is 6.91. The Labute approximate surface area is 205 Å². The second-order valence-electron chi connectivity index (χ2n) is 8.80. The van der Waals surface area contributed by atoms with Crippen LogP contribution in [0, 0.1) is 5.82 Å². The molecule has 0 amide bonds. The molecule has 0 saturated heterocycles. The maximum atomic E-state index is 15.9. The number of aryl methyl sites for hydroxylation is 1. The molecule has 0 aliphatic carbocycles. The summed E-state index contributed by atoms with van der Waals surface area (Å²) in [5.41, 5.74) is 1.14. The molecular formula is C25H28Cl2FNO3Si. The molecule has 33 heavy (non-hydrogen) atoms. The average molecular weight is 508 g/mol. The van der Waals surface area contributed by atoms with Gasteiger partial charge in [0.05, 0.1) is 25.9 Å². The van der Waals surface area contributed by atoms with Crippen LogP contribution in [0.25, 0.3) is 0 Å². The van der Waals surface area contributed by atoms with E-state index < -0.39 is 20.0 Å². The Bertz CT molecular complexity index is 1130. The van der Waals surface area contributed by atoms with Crippen LogP contribution in [0.2, 0.25) is 29.7 Å². The SMILES string of the molecule is CCCc1nccc(Oc2ccc(Cl)cc2)c1C(O)c1cc(OC)c(Cl)c([Si](C)(C)C)c1F. The van der Waals surface area contributed by atoms with E-state index in [0.29, 0.717) is 45.1 Å². The molecule has 0 radical (unpaired) electrons. The zero-order chi connectivity index (χ0) is 24.3. The lowest BCUT2D eigenvalue weighted by molar-refractivity contribution is 0.209. The number of methoxy groups -OCH3 is 1. The summed E-state index contributed by atoms with van der Waals surface area (Å²) in [6.07, 6.45) is 1.68. The summed E-state index contributed by atoms with van der Waals surface area (Å²) in [5.74, 6) is 0.742. The Morgan fingerprint density at radius 2 is 1.76 bits per heavy atom. The minimum atomic E-state index is -2.21. The average Bonchev–Trinajstić information content (AvgIpc) is 2.75. The largest absolute Gasteiger partial charge is 0.495 e. The highest BCUT2D eigenvalue weighted by molar-refractivity contribution is 6.90. The van der Waals surface area contributed by atoms with Crippen LogP contribution in [0.4, 0.5) is 4.39 Å². The molecule has 1 atom stereocenters. The third-order valence-corrected chi connectivity index (χ3v) is 8.05. The number of benzene rings is 2. The molecule has 0 saturated carbocycles. The normalized spacial score (nSPS) is 12.5. The molecule has 3 aromatic rings. The first kappa shape index (κ1) is 25.5. The van der Waals surface area contributed by atoms with Gasteiger partial charge in [0.1, 0.15) is 29.2 Å². The van der Waals surface area contributed by atoms with Crippen molar-refractivity contribution in [2.24, 2.45) is 0 Å². The molecule has 1 aromatic heterocycles. The van der Waals surface area contributed by atoms with Crippen molar-refractivity contribution >= 4 is 36.5 Å². The minimum absolute atomic E-state index is 0.0833. The fourth-order valence-electron chi connectivity index (χ4n) is 3.74. The van der Waals surface area contributed by atoms with Crippen molar-refractivity contribution in [2.45, 2.75) is 45.5 Å². The van der Waals surface area contributed by atoms with Crippen molar-refractivity contribution in [3.05, 3.63) is 75.3 Å². The van der Waals surface area contributed by atoms with Crippen LogP contribution >= 0.6 is 23.2 Å². The number of aliphatic hydroxyl groups is 1. The molecule has 2 aromatic carbocycles. The molecule has 0 aliphatic rings. The first-order valence-electron chi connectivity index (χ1n) is 10.7. The second kappa shape index (κ2) is 10.4. The Hall–Kier alpha value is -2.12. The summed E-state index contributed by atoms with van der Waals surface area (Å²) < 4.78 is 27.4. The monoisotopic (exact) mass is 507 g/mol. The van der Waals surface area contributed by atoms with E-state index in [1.54, 1.807) is 36.5 Å².